The van der Waals surface area contributed by atoms with Crippen molar-refractivity contribution in [3.8, 4) is 17.3 Å². The number of nitrogens with zero attached hydrogens (tertiary/aromatic N) is 4. The molecular weight excluding hydrogens is 356 g/mol. The monoisotopic (exact) mass is 370 g/mol. The Morgan fingerprint density at radius 2 is 2.04 bits per heavy atom. The van der Waals surface area contributed by atoms with Gasteiger partial charge in [-0.1, -0.05) is 16.8 Å². The maximum absolute atomic E-state index is 12.4. The van der Waals surface area contributed by atoms with Crippen LogP contribution in [0.4, 0.5) is 5.69 Å². The molecule has 0 N–H and O–H groups in total. The summed E-state index contributed by atoms with van der Waals surface area (Å²) in [4.78, 5) is 22.6. The standard InChI is InChI=1S/C18H15ClN4O3/c1-25-15-7-2-11(9-20-15)17-21-18(26-22-17)12-8-16(24)23(10-12)14-5-3-13(19)4-6-14/h2-7,9,12H,8,10H2,1H3. The zero-order valence-corrected chi connectivity index (χ0v) is 14.7. The van der Waals surface area contributed by atoms with E-state index in [1.165, 1.54) is 0 Å². The van der Waals surface area contributed by atoms with Crippen molar-refractivity contribution in [3.05, 3.63) is 53.5 Å². The second-order valence-corrected chi connectivity index (χ2v) is 6.36. The number of methoxy groups -OCH3 is 1. The Balaban J connectivity index is 1.52. The predicted octanol–water partition coefficient (Wildman–Crippen LogP) is 3.31. The van der Waals surface area contributed by atoms with Gasteiger partial charge >= 0.3 is 0 Å². The van der Waals surface area contributed by atoms with Crippen molar-refractivity contribution in [2.75, 3.05) is 18.6 Å². The molecule has 3 aromatic rings. The summed E-state index contributed by atoms with van der Waals surface area (Å²) in [5, 5.41) is 4.64. The van der Waals surface area contributed by atoms with Gasteiger partial charge in [0.15, 0.2) is 0 Å². The molecule has 0 bridgehead atoms. The highest BCUT2D eigenvalue weighted by Crippen LogP contribution is 2.32. The number of anilines is 1. The van der Waals surface area contributed by atoms with Crippen molar-refractivity contribution in [3.63, 3.8) is 0 Å². The maximum atomic E-state index is 12.4. The average Bonchev–Trinajstić information content (AvgIpc) is 3.29. The van der Waals surface area contributed by atoms with Crippen LogP contribution in [0.2, 0.25) is 5.02 Å². The number of carbonyl (C=O) groups excluding carboxylic acids is 1. The Bertz CT molecular complexity index is 924. The molecule has 1 aliphatic heterocycles. The fraction of sp³-hybridized carbons (Fsp3) is 0.222. The Labute approximate surface area is 154 Å². The summed E-state index contributed by atoms with van der Waals surface area (Å²) in [5.74, 6) is 1.26. The normalized spacial score (nSPS) is 16.9. The molecule has 1 aliphatic rings. The van der Waals surface area contributed by atoms with Crippen LogP contribution in [0.3, 0.4) is 0 Å². The van der Waals surface area contributed by atoms with Crippen LogP contribution >= 0.6 is 11.6 Å². The summed E-state index contributed by atoms with van der Waals surface area (Å²) in [6, 6.07) is 10.7. The molecule has 1 amide bonds. The molecular formula is C18H15ClN4O3. The Morgan fingerprint density at radius 1 is 1.23 bits per heavy atom. The van der Waals surface area contributed by atoms with E-state index in [2.05, 4.69) is 15.1 Å². The molecule has 7 nitrogen and oxygen atoms in total. The second-order valence-electron chi connectivity index (χ2n) is 5.93. The fourth-order valence-corrected chi connectivity index (χ4v) is 3.02. The molecule has 4 rings (SSSR count). The number of pyridine rings is 1. The molecule has 1 aromatic carbocycles. The van der Waals surface area contributed by atoms with Crippen LogP contribution in [0, 0.1) is 0 Å². The van der Waals surface area contributed by atoms with E-state index < -0.39 is 0 Å². The zero-order valence-electron chi connectivity index (χ0n) is 13.9. The first-order chi connectivity index (χ1) is 12.6. The summed E-state index contributed by atoms with van der Waals surface area (Å²) in [7, 11) is 1.55. The van der Waals surface area contributed by atoms with Crippen LogP contribution in [0.1, 0.15) is 18.2 Å². The number of carbonyl (C=O) groups is 1. The molecule has 1 fully saturated rings. The van der Waals surface area contributed by atoms with E-state index in [-0.39, 0.29) is 11.8 Å². The van der Waals surface area contributed by atoms with Crippen molar-refractivity contribution >= 4 is 23.2 Å². The Hall–Kier alpha value is -2.93. The lowest BCUT2D eigenvalue weighted by Gasteiger charge is -2.15. The van der Waals surface area contributed by atoms with Crippen LogP contribution in [0.15, 0.2) is 47.1 Å². The molecule has 26 heavy (non-hydrogen) atoms. The lowest BCUT2D eigenvalue weighted by Crippen LogP contribution is -2.24. The van der Waals surface area contributed by atoms with Gasteiger partial charge in [0.25, 0.3) is 0 Å². The number of rotatable bonds is 4. The number of benzene rings is 1. The first-order valence-electron chi connectivity index (χ1n) is 8.04. The lowest BCUT2D eigenvalue weighted by atomic mass is 10.1. The van der Waals surface area contributed by atoms with Gasteiger partial charge in [0.1, 0.15) is 0 Å². The third kappa shape index (κ3) is 3.13. The fourth-order valence-electron chi connectivity index (χ4n) is 2.90. The Morgan fingerprint density at radius 3 is 2.73 bits per heavy atom. The minimum atomic E-state index is -0.148. The van der Waals surface area contributed by atoms with Gasteiger partial charge in [-0.3, -0.25) is 4.79 Å². The smallest absolute Gasteiger partial charge is 0.232 e. The van der Waals surface area contributed by atoms with Crippen molar-refractivity contribution in [1.29, 1.82) is 0 Å². The van der Waals surface area contributed by atoms with Crippen molar-refractivity contribution in [1.82, 2.24) is 15.1 Å². The van der Waals surface area contributed by atoms with E-state index in [0.717, 1.165) is 11.3 Å². The highest BCUT2D eigenvalue weighted by atomic mass is 35.5. The van der Waals surface area contributed by atoms with Crippen LogP contribution in [0.5, 0.6) is 5.88 Å². The number of ether oxygens (including phenoxy) is 1. The average molecular weight is 371 g/mol. The van der Waals surface area contributed by atoms with Crippen molar-refractivity contribution in [2.24, 2.45) is 0 Å². The number of halogens is 1. The quantitative estimate of drug-likeness (QED) is 0.700. The topological polar surface area (TPSA) is 81.4 Å². The van der Waals surface area contributed by atoms with Gasteiger partial charge in [-0.25, -0.2) is 4.98 Å². The lowest BCUT2D eigenvalue weighted by molar-refractivity contribution is -0.117. The molecule has 0 spiro atoms. The van der Waals surface area contributed by atoms with E-state index in [1.807, 2.05) is 12.1 Å². The summed E-state index contributed by atoms with van der Waals surface area (Å²) < 4.78 is 10.4. The van der Waals surface area contributed by atoms with Crippen LogP contribution in [-0.4, -0.2) is 34.7 Å². The second kappa shape index (κ2) is 6.76. The van der Waals surface area contributed by atoms with E-state index in [1.54, 1.807) is 42.5 Å². The van der Waals surface area contributed by atoms with E-state index in [0.29, 0.717) is 35.6 Å². The van der Waals surface area contributed by atoms with Gasteiger partial charge < -0.3 is 14.2 Å². The van der Waals surface area contributed by atoms with Gasteiger partial charge in [-0.15, -0.1) is 0 Å². The number of amides is 1. The van der Waals surface area contributed by atoms with E-state index >= 15 is 0 Å². The summed E-state index contributed by atoms with van der Waals surface area (Å²) in [6.45, 7) is 0.489. The number of hydrogen-bond acceptors (Lipinski definition) is 6. The number of hydrogen-bond donors (Lipinski definition) is 0. The minimum absolute atomic E-state index is 0.0168. The molecule has 0 saturated carbocycles. The molecule has 132 valence electrons. The third-order valence-corrected chi connectivity index (χ3v) is 4.51. The summed E-state index contributed by atoms with van der Waals surface area (Å²) in [6.07, 6.45) is 1.94. The Kier molecular flexibility index (Phi) is 4.30. The van der Waals surface area contributed by atoms with Crippen molar-refractivity contribution < 1.29 is 14.1 Å². The molecule has 1 atom stereocenters. The van der Waals surface area contributed by atoms with Gasteiger partial charge in [0, 0.05) is 41.5 Å². The largest absolute Gasteiger partial charge is 0.481 e. The first-order valence-corrected chi connectivity index (χ1v) is 8.42. The van der Waals surface area contributed by atoms with Crippen LogP contribution in [-0.2, 0) is 4.79 Å². The van der Waals surface area contributed by atoms with Gasteiger partial charge in [-0.05, 0) is 30.3 Å². The predicted molar refractivity (Wildman–Crippen MR) is 95.2 cm³/mol. The van der Waals surface area contributed by atoms with Crippen LogP contribution < -0.4 is 9.64 Å². The molecule has 1 unspecified atom stereocenters. The molecule has 1 saturated heterocycles. The maximum Gasteiger partial charge on any atom is 0.232 e. The molecule has 0 radical (unpaired) electrons. The van der Waals surface area contributed by atoms with E-state index in [4.69, 9.17) is 20.9 Å². The summed E-state index contributed by atoms with van der Waals surface area (Å²) >= 11 is 5.91. The van der Waals surface area contributed by atoms with Gasteiger partial charge in [0.2, 0.25) is 23.5 Å². The third-order valence-electron chi connectivity index (χ3n) is 4.26. The SMILES string of the molecule is COc1ccc(-c2noc(C3CC(=O)N(c4ccc(Cl)cc4)C3)n2)cn1. The van der Waals surface area contributed by atoms with Crippen LogP contribution in [0.25, 0.3) is 11.4 Å². The molecule has 3 heterocycles. The van der Waals surface area contributed by atoms with Gasteiger partial charge in [-0.2, -0.15) is 4.98 Å². The molecule has 8 heteroatoms. The molecule has 0 aliphatic carbocycles. The zero-order chi connectivity index (χ0) is 18.1. The highest BCUT2D eigenvalue weighted by molar-refractivity contribution is 6.30. The highest BCUT2D eigenvalue weighted by Gasteiger charge is 2.35. The minimum Gasteiger partial charge on any atom is -0.481 e. The van der Waals surface area contributed by atoms with Gasteiger partial charge in [0.05, 0.1) is 13.0 Å². The molecule has 2 aromatic heterocycles. The summed E-state index contributed by atoms with van der Waals surface area (Å²) in [5.41, 5.74) is 1.53. The first kappa shape index (κ1) is 16.5. The number of aromatic nitrogens is 3. The van der Waals surface area contributed by atoms with E-state index in [9.17, 15) is 4.79 Å². The van der Waals surface area contributed by atoms with Crippen molar-refractivity contribution in [2.45, 2.75) is 12.3 Å².